The second kappa shape index (κ2) is 8.13. The fraction of sp³-hybridized carbons (Fsp3) is 0.143. The van der Waals surface area contributed by atoms with Crippen LogP contribution in [-0.4, -0.2) is 11.4 Å². The molecule has 0 fully saturated rings. The van der Waals surface area contributed by atoms with Gasteiger partial charge in [0.25, 0.3) is 0 Å². The van der Waals surface area contributed by atoms with Crippen LogP contribution in [0.4, 0.5) is 33.3 Å². The summed E-state index contributed by atoms with van der Waals surface area (Å²) in [4.78, 5) is -0.420. The number of hydrogen-bond donors (Lipinski definition) is 2. The maximum absolute atomic E-state index is 12.7. The van der Waals surface area contributed by atoms with Gasteiger partial charge in [-0.05, 0) is 36.0 Å². The molecule has 4 N–H and O–H groups in total. The van der Waals surface area contributed by atoms with Gasteiger partial charge < -0.3 is 11.5 Å². The molecule has 0 aliphatic carbocycles. The van der Waals surface area contributed by atoms with Crippen LogP contribution in [-0.2, 0) is 0 Å². The van der Waals surface area contributed by atoms with Crippen molar-refractivity contribution in [2.75, 3.05) is 11.5 Å². The predicted molar refractivity (Wildman–Crippen MR) is 88.6 cm³/mol. The van der Waals surface area contributed by atoms with Crippen LogP contribution in [0.2, 0.25) is 10.0 Å². The van der Waals surface area contributed by atoms with Gasteiger partial charge >= 0.3 is 11.4 Å². The van der Waals surface area contributed by atoms with E-state index in [1.165, 1.54) is 0 Å². The Hall–Kier alpha value is -1.38. The number of para-hydroxylation sites is 1. The summed E-state index contributed by atoms with van der Waals surface area (Å²) in [6.45, 7) is 0. The van der Waals surface area contributed by atoms with Crippen molar-refractivity contribution < 1.29 is 22.0 Å². The van der Waals surface area contributed by atoms with Crippen LogP contribution in [0.15, 0.2) is 47.4 Å². The zero-order valence-corrected chi connectivity index (χ0v) is 14.1. The maximum Gasteiger partial charge on any atom is 0.464 e. The molecule has 0 radical (unpaired) electrons. The Balaban J connectivity index is 0.000000341. The van der Waals surface area contributed by atoms with E-state index in [4.69, 9.17) is 34.7 Å². The van der Waals surface area contributed by atoms with Gasteiger partial charge in [-0.3, -0.25) is 0 Å². The highest BCUT2D eigenvalue weighted by Gasteiger charge is 2.58. The third kappa shape index (κ3) is 5.92. The molecule has 0 aliphatic heterocycles. The lowest BCUT2D eigenvalue weighted by Crippen LogP contribution is -2.32. The van der Waals surface area contributed by atoms with Gasteiger partial charge in [-0.15, -0.1) is 0 Å². The smallest absolute Gasteiger partial charge is 0.399 e. The first kappa shape index (κ1) is 20.7. The van der Waals surface area contributed by atoms with Crippen LogP contribution in [0.3, 0.4) is 0 Å². The summed E-state index contributed by atoms with van der Waals surface area (Å²) in [5.74, 6) is 0. The third-order valence-corrected chi connectivity index (χ3v) is 4.01. The van der Waals surface area contributed by atoms with Crippen molar-refractivity contribution in [2.24, 2.45) is 0 Å². The van der Waals surface area contributed by atoms with Crippen LogP contribution >= 0.6 is 35.0 Å². The fourth-order valence-electron chi connectivity index (χ4n) is 1.28. The lowest BCUT2D eigenvalue weighted by Gasteiger charge is -2.19. The first-order chi connectivity index (χ1) is 10.9. The van der Waals surface area contributed by atoms with Crippen LogP contribution in [0.1, 0.15) is 0 Å². The number of benzene rings is 2. The minimum Gasteiger partial charge on any atom is -0.399 e. The van der Waals surface area contributed by atoms with E-state index in [9.17, 15) is 22.0 Å². The minimum absolute atomic E-state index is 0.0759. The quantitative estimate of drug-likeness (QED) is 0.361. The van der Waals surface area contributed by atoms with Crippen LogP contribution in [0.5, 0.6) is 0 Å². The molecule has 2 aromatic rings. The van der Waals surface area contributed by atoms with Gasteiger partial charge in [0.2, 0.25) is 0 Å². The number of hydrogen-bond acceptors (Lipinski definition) is 3. The van der Waals surface area contributed by atoms with E-state index in [0.29, 0.717) is 0 Å². The number of nitrogens with two attached hydrogens (primary N) is 2. The van der Waals surface area contributed by atoms with E-state index in [1.807, 2.05) is 30.3 Å². The molecule has 2 rings (SSSR count). The zero-order chi connectivity index (χ0) is 18.5. The number of nitrogen functional groups attached to an aromatic ring is 2. The summed E-state index contributed by atoms with van der Waals surface area (Å²) in [5, 5.41) is -5.29. The molecule has 0 atom stereocenters. The van der Waals surface area contributed by atoms with Gasteiger partial charge in [0.15, 0.2) is 0 Å². The molecule has 10 heteroatoms. The van der Waals surface area contributed by atoms with Gasteiger partial charge in [-0.25, -0.2) is 0 Å². The van der Waals surface area contributed by atoms with Crippen LogP contribution in [0.25, 0.3) is 0 Å². The highest BCUT2D eigenvalue weighted by molar-refractivity contribution is 8.00. The fourth-order valence-corrected chi connectivity index (χ4v) is 2.66. The Morgan fingerprint density at radius 3 is 1.62 bits per heavy atom. The SMILES string of the molecule is Nc1c(Cl)cc(SC(F)(F)C(F)(F)F)cc1Cl.Nc1ccccc1. The molecule has 132 valence electrons. The van der Waals surface area contributed by atoms with Gasteiger partial charge in [-0.2, -0.15) is 22.0 Å². The van der Waals surface area contributed by atoms with Crippen LogP contribution in [0, 0.1) is 0 Å². The average molecular weight is 405 g/mol. The topological polar surface area (TPSA) is 52.0 Å². The van der Waals surface area contributed by atoms with E-state index in [-0.39, 0.29) is 15.7 Å². The number of thioether (sulfide) groups is 1. The highest BCUT2D eigenvalue weighted by Crippen LogP contribution is 2.48. The van der Waals surface area contributed by atoms with Gasteiger partial charge in [-0.1, -0.05) is 41.4 Å². The molecule has 0 aliphatic rings. The lowest BCUT2D eigenvalue weighted by molar-refractivity contribution is -0.237. The molecule has 0 saturated heterocycles. The number of halogens is 7. The van der Waals surface area contributed by atoms with Crippen molar-refractivity contribution >= 4 is 46.3 Å². The van der Waals surface area contributed by atoms with Crippen molar-refractivity contribution in [3.05, 3.63) is 52.5 Å². The summed E-state index contributed by atoms with van der Waals surface area (Å²) in [7, 11) is 0. The number of anilines is 2. The van der Waals surface area contributed by atoms with Gasteiger partial charge in [0, 0.05) is 10.6 Å². The Bertz CT molecular complexity index is 658. The number of rotatable bonds is 2. The molecule has 0 aromatic heterocycles. The third-order valence-electron chi connectivity index (χ3n) is 2.43. The van der Waals surface area contributed by atoms with E-state index >= 15 is 0 Å². The molecule has 24 heavy (non-hydrogen) atoms. The maximum atomic E-state index is 12.7. The van der Waals surface area contributed by atoms with E-state index in [0.717, 1.165) is 17.8 Å². The van der Waals surface area contributed by atoms with E-state index < -0.39 is 28.1 Å². The Labute approximate surface area is 148 Å². The van der Waals surface area contributed by atoms with E-state index in [1.54, 1.807) is 0 Å². The average Bonchev–Trinajstić information content (AvgIpc) is 2.44. The summed E-state index contributed by atoms with van der Waals surface area (Å²) in [5.41, 5.74) is 11.4. The van der Waals surface area contributed by atoms with Crippen molar-refractivity contribution in [3.63, 3.8) is 0 Å². The van der Waals surface area contributed by atoms with Crippen molar-refractivity contribution in [1.82, 2.24) is 0 Å². The monoisotopic (exact) mass is 404 g/mol. The molecule has 2 aromatic carbocycles. The molecule has 0 saturated carbocycles. The Morgan fingerprint density at radius 1 is 0.833 bits per heavy atom. The molecule has 0 bridgehead atoms. The Morgan fingerprint density at radius 2 is 1.29 bits per heavy atom. The summed E-state index contributed by atoms with van der Waals surface area (Å²) in [6.07, 6.45) is -5.65. The molecular formula is C14H11Cl2F5N2S. The van der Waals surface area contributed by atoms with Crippen LogP contribution < -0.4 is 11.5 Å². The molecule has 2 nitrogen and oxygen atoms in total. The second-order valence-corrected chi connectivity index (χ2v) is 6.33. The minimum atomic E-state index is -5.65. The lowest BCUT2D eigenvalue weighted by atomic mass is 10.3. The molecule has 0 spiro atoms. The first-order valence-corrected chi connectivity index (χ1v) is 7.70. The normalized spacial score (nSPS) is 11.6. The Kier molecular flexibility index (Phi) is 7.00. The number of alkyl halides is 5. The van der Waals surface area contributed by atoms with Gasteiger partial charge in [0.05, 0.1) is 15.7 Å². The predicted octanol–water partition coefficient (Wildman–Crippen LogP) is 6.09. The zero-order valence-electron chi connectivity index (χ0n) is 11.8. The molecule has 0 amide bonds. The van der Waals surface area contributed by atoms with Gasteiger partial charge in [0.1, 0.15) is 0 Å². The second-order valence-electron chi connectivity index (χ2n) is 4.33. The molecule has 0 unspecified atom stereocenters. The highest BCUT2D eigenvalue weighted by atomic mass is 35.5. The van der Waals surface area contributed by atoms with Crippen molar-refractivity contribution in [2.45, 2.75) is 16.3 Å². The summed E-state index contributed by atoms with van der Waals surface area (Å²) < 4.78 is 61.2. The largest absolute Gasteiger partial charge is 0.464 e. The van der Waals surface area contributed by atoms with Crippen molar-refractivity contribution in [1.29, 1.82) is 0 Å². The molecule has 0 heterocycles. The summed E-state index contributed by atoms with van der Waals surface area (Å²) in [6, 6.07) is 11.3. The molecular weight excluding hydrogens is 394 g/mol. The summed E-state index contributed by atoms with van der Waals surface area (Å²) >= 11 is 10.3. The van der Waals surface area contributed by atoms with E-state index in [2.05, 4.69) is 0 Å². The van der Waals surface area contributed by atoms with Crippen molar-refractivity contribution in [3.8, 4) is 0 Å². The first-order valence-electron chi connectivity index (χ1n) is 6.12. The standard InChI is InChI=1S/C8H4Cl2F5NS.C6H7N/c9-4-1-3(2-5(10)6(4)16)17-8(14,15)7(11,12)13;7-6-4-2-1-3-5-6/h1-2H,16H2;1-5H,7H2.